The highest BCUT2D eigenvalue weighted by Crippen LogP contribution is 2.33. The quantitative estimate of drug-likeness (QED) is 0.564. The van der Waals surface area contributed by atoms with Crippen molar-refractivity contribution in [2.75, 3.05) is 11.9 Å². The standard InChI is InChI=1S/C22H19F3N2O4/c1-3-30-21(29)13(2)31-18-10-9-15(22(23,24)25)12-16(18)20(28)27-17-8-4-6-14-7-5-11-26-19(14)17/h4-13H,3H2,1-2H3,(H,27,28). The van der Waals surface area contributed by atoms with Crippen molar-refractivity contribution in [1.82, 2.24) is 4.98 Å². The molecular weight excluding hydrogens is 413 g/mol. The van der Waals surface area contributed by atoms with E-state index in [4.69, 9.17) is 9.47 Å². The monoisotopic (exact) mass is 432 g/mol. The molecule has 6 nitrogen and oxygen atoms in total. The summed E-state index contributed by atoms with van der Waals surface area (Å²) in [5, 5.41) is 3.33. The second kappa shape index (κ2) is 9.03. The molecule has 0 aliphatic rings. The Bertz CT molecular complexity index is 1110. The minimum absolute atomic E-state index is 0.112. The summed E-state index contributed by atoms with van der Waals surface area (Å²) < 4.78 is 50.0. The van der Waals surface area contributed by atoms with Crippen molar-refractivity contribution in [2.45, 2.75) is 26.1 Å². The smallest absolute Gasteiger partial charge is 0.416 e. The topological polar surface area (TPSA) is 77.5 Å². The average molecular weight is 432 g/mol. The number of alkyl halides is 3. The fourth-order valence-electron chi connectivity index (χ4n) is 2.88. The van der Waals surface area contributed by atoms with Crippen LogP contribution in [0.5, 0.6) is 5.75 Å². The molecule has 0 aliphatic heterocycles. The van der Waals surface area contributed by atoms with Gasteiger partial charge in [0.2, 0.25) is 0 Å². The molecule has 0 saturated heterocycles. The summed E-state index contributed by atoms with van der Waals surface area (Å²) in [4.78, 5) is 29.0. The zero-order valence-electron chi connectivity index (χ0n) is 16.7. The van der Waals surface area contributed by atoms with E-state index in [-0.39, 0.29) is 17.9 Å². The number of benzene rings is 2. The number of pyridine rings is 1. The van der Waals surface area contributed by atoms with E-state index < -0.39 is 29.7 Å². The fraction of sp³-hybridized carbons (Fsp3) is 0.227. The van der Waals surface area contributed by atoms with Gasteiger partial charge < -0.3 is 14.8 Å². The first-order chi connectivity index (χ1) is 14.7. The van der Waals surface area contributed by atoms with Gasteiger partial charge in [0.1, 0.15) is 5.75 Å². The summed E-state index contributed by atoms with van der Waals surface area (Å²) in [6.45, 7) is 3.10. The van der Waals surface area contributed by atoms with Crippen LogP contribution in [-0.4, -0.2) is 29.6 Å². The van der Waals surface area contributed by atoms with E-state index in [1.807, 2.05) is 0 Å². The highest BCUT2D eigenvalue weighted by atomic mass is 19.4. The number of hydrogen-bond acceptors (Lipinski definition) is 5. The Balaban J connectivity index is 1.98. The van der Waals surface area contributed by atoms with Gasteiger partial charge in [-0.05, 0) is 44.2 Å². The first-order valence-electron chi connectivity index (χ1n) is 9.40. The van der Waals surface area contributed by atoms with Gasteiger partial charge in [-0.2, -0.15) is 13.2 Å². The molecule has 162 valence electrons. The van der Waals surface area contributed by atoms with E-state index in [0.29, 0.717) is 17.3 Å². The molecule has 1 atom stereocenters. The zero-order chi connectivity index (χ0) is 22.6. The summed E-state index contributed by atoms with van der Waals surface area (Å²) in [6.07, 6.45) is -4.25. The van der Waals surface area contributed by atoms with E-state index in [1.165, 1.54) is 13.1 Å². The van der Waals surface area contributed by atoms with Crippen molar-refractivity contribution in [3.63, 3.8) is 0 Å². The maximum atomic E-state index is 13.2. The van der Waals surface area contributed by atoms with Gasteiger partial charge in [-0.25, -0.2) is 4.79 Å². The maximum absolute atomic E-state index is 13.2. The number of rotatable bonds is 6. The number of carbonyl (C=O) groups excluding carboxylic acids is 2. The maximum Gasteiger partial charge on any atom is 0.416 e. The summed E-state index contributed by atoms with van der Waals surface area (Å²) in [5.74, 6) is -1.72. The third-order valence-electron chi connectivity index (χ3n) is 4.35. The molecule has 2 aromatic carbocycles. The van der Waals surface area contributed by atoms with E-state index in [0.717, 1.165) is 17.5 Å². The molecule has 0 spiro atoms. The average Bonchev–Trinajstić information content (AvgIpc) is 2.73. The Kier molecular flexibility index (Phi) is 6.43. The number of esters is 1. The lowest BCUT2D eigenvalue weighted by molar-refractivity contribution is -0.150. The lowest BCUT2D eigenvalue weighted by Crippen LogP contribution is -2.27. The molecule has 0 radical (unpaired) electrons. The molecule has 0 bridgehead atoms. The Morgan fingerprint density at radius 3 is 2.58 bits per heavy atom. The van der Waals surface area contributed by atoms with Gasteiger partial charge in [0.05, 0.1) is 28.9 Å². The summed E-state index contributed by atoms with van der Waals surface area (Å²) >= 11 is 0. The molecule has 1 amide bonds. The van der Waals surface area contributed by atoms with E-state index in [1.54, 1.807) is 37.3 Å². The van der Waals surface area contributed by atoms with E-state index in [2.05, 4.69) is 10.3 Å². The van der Waals surface area contributed by atoms with Crippen LogP contribution >= 0.6 is 0 Å². The predicted molar refractivity (Wildman–Crippen MR) is 108 cm³/mol. The van der Waals surface area contributed by atoms with Crippen LogP contribution < -0.4 is 10.1 Å². The van der Waals surface area contributed by atoms with Crippen molar-refractivity contribution in [3.8, 4) is 5.75 Å². The van der Waals surface area contributed by atoms with Crippen molar-refractivity contribution in [2.24, 2.45) is 0 Å². The van der Waals surface area contributed by atoms with Crippen molar-refractivity contribution in [3.05, 3.63) is 65.9 Å². The number of nitrogens with zero attached hydrogens (tertiary/aromatic N) is 1. The normalized spacial score (nSPS) is 12.3. The number of aromatic nitrogens is 1. The molecule has 3 aromatic rings. The van der Waals surface area contributed by atoms with Crippen LogP contribution in [0.15, 0.2) is 54.7 Å². The van der Waals surface area contributed by atoms with Crippen LogP contribution in [0.3, 0.4) is 0 Å². The molecule has 1 aromatic heterocycles. The molecule has 1 unspecified atom stereocenters. The number of anilines is 1. The number of amides is 1. The van der Waals surface area contributed by atoms with Crippen LogP contribution in [0.4, 0.5) is 18.9 Å². The Morgan fingerprint density at radius 1 is 1.13 bits per heavy atom. The lowest BCUT2D eigenvalue weighted by Gasteiger charge is -2.18. The van der Waals surface area contributed by atoms with Gasteiger partial charge in [-0.15, -0.1) is 0 Å². The molecule has 0 aliphatic carbocycles. The van der Waals surface area contributed by atoms with Gasteiger partial charge in [-0.3, -0.25) is 9.78 Å². The lowest BCUT2D eigenvalue weighted by atomic mass is 10.1. The van der Waals surface area contributed by atoms with Gasteiger partial charge in [0.25, 0.3) is 5.91 Å². The molecule has 31 heavy (non-hydrogen) atoms. The SMILES string of the molecule is CCOC(=O)C(C)Oc1ccc(C(F)(F)F)cc1C(=O)Nc1cccc2cccnc12. The van der Waals surface area contributed by atoms with Gasteiger partial charge in [-0.1, -0.05) is 18.2 Å². The third kappa shape index (κ3) is 5.11. The summed E-state index contributed by atoms with van der Waals surface area (Å²) in [7, 11) is 0. The number of halogens is 3. The van der Waals surface area contributed by atoms with Gasteiger partial charge in [0, 0.05) is 11.6 Å². The van der Waals surface area contributed by atoms with Gasteiger partial charge >= 0.3 is 12.1 Å². The van der Waals surface area contributed by atoms with Crippen LogP contribution in [-0.2, 0) is 15.7 Å². The second-order valence-corrected chi connectivity index (χ2v) is 6.56. The van der Waals surface area contributed by atoms with Crippen LogP contribution in [0.25, 0.3) is 10.9 Å². The first-order valence-corrected chi connectivity index (χ1v) is 9.40. The molecular formula is C22H19F3N2O4. The number of para-hydroxylation sites is 1. The zero-order valence-corrected chi connectivity index (χ0v) is 16.7. The predicted octanol–water partition coefficient (Wildman–Crippen LogP) is 4.84. The van der Waals surface area contributed by atoms with E-state index >= 15 is 0 Å². The fourth-order valence-corrected chi connectivity index (χ4v) is 2.88. The first kappa shape index (κ1) is 22.1. The molecule has 0 fully saturated rings. The molecule has 9 heteroatoms. The molecule has 1 N–H and O–H groups in total. The Morgan fingerprint density at radius 2 is 1.87 bits per heavy atom. The van der Waals surface area contributed by atoms with Crippen LogP contribution in [0.1, 0.15) is 29.8 Å². The highest BCUT2D eigenvalue weighted by molar-refractivity contribution is 6.09. The Hall–Kier alpha value is -3.62. The van der Waals surface area contributed by atoms with E-state index in [9.17, 15) is 22.8 Å². The summed E-state index contributed by atoms with van der Waals surface area (Å²) in [5.41, 5.74) is -0.596. The minimum atomic E-state index is -4.67. The van der Waals surface area contributed by atoms with Gasteiger partial charge in [0.15, 0.2) is 6.10 Å². The van der Waals surface area contributed by atoms with Crippen LogP contribution in [0, 0.1) is 0 Å². The van der Waals surface area contributed by atoms with Crippen molar-refractivity contribution >= 4 is 28.5 Å². The number of fused-ring (bicyclic) bond motifs is 1. The number of nitrogens with one attached hydrogen (secondary N) is 1. The number of ether oxygens (including phenoxy) is 2. The van der Waals surface area contributed by atoms with Crippen molar-refractivity contribution < 1.29 is 32.2 Å². The molecule has 1 heterocycles. The summed E-state index contributed by atoms with van der Waals surface area (Å²) in [6, 6.07) is 11.0. The molecule has 0 saturated carbocycles. The highest BCUT2D eigenvalue weighted by Gasteiger charge is 2.32. The molecule has 3 rings (SSSR count). The third-order valence-corrected chi connectivity index (χ3v) is 4.35. The number of hydrogen-bond donors (Lipinski definition) is 1. The second-order valence-electron chi connectivity index (χ2n) is 6.56. The number of carbonyl (C=O) groups is 2. The Labute approximate surface area is 176 Å². The minimum Gasteiger partial charge on any atom is -0.478 e. The van der Waals surface area contributed by atoms with Crippen LogP contribution in [0.2, 0.25) is 0 Å². The van der Waals surface area contributed by atoms with Crippen molar-refractivity contribution in [1.29, 1.82) is 0 Å². The largest absolute Gasteiger partial charge is 0.478 e.